The molecule has 1 saturated heterocycles. The van der Waals surface area contributed by atoms with Crippen molar-refractivity contribution in [3.8, 4) is 5.75 Å². The van der Waals surface area contributed by atoms with Gasteiger partial charge in [0.1, 0.15) is 16.5 Å². The Bertz CT molecular complexity index is 1230. The second-order valence-corrected chi connectivity index (χ2v) is 12.4. The van der Waals surface area contributed by atoms with E-state index < -0.39 is 26.0 Å². The van der Waals surface area contributed by atoms with Crippen LogP contribution in [0.2, 0.25) is 0 Å². The van der Waals surface area contributed by atoms with Crippen molar-refractivity contribution in [3.63, 3.8) is 0 Å². The third kappa shape index (κ3) is 5.68. The summed E-state index contributed by atoms with van der Waals surface area (Å²) in [4.78, 5) is 17.0. The minimum absolute atomic E-state index is 0. The van der Waals surface area contributed by atoms with E-state index in [1.807, 2.05) is 13.8 Å². The molecule has 204 valence electrons. The molecule has 9 heteroatoms. The second-order valence-electron chi connectivity index (χ2n) is 10.5. The zero-order chi connectivity index (χ0) is 26.3. The molecular formula is C28H40FN3O4S. The predicted molar refractivity (Wildman–Crippen MR) is 145 cm³/mol. The Morgan fingerprint density at radius 3 is 2.51 bits per heavy atom. The van der Waals surface area contributed by atoms with Gasteiger partial charge >= 0.3 is 0 Å². The highest BCUT2D eigenvalue weighted by Crippen LogP contribution is 2.43. The first kappa shape index (κ1) is 29.1. The highest BCUT2D eigenvalue weighted by atomic mass is 32.2. The molecule has 0 bridgehead atoms. The third-order valence-electron chi connectivity index (χ3n) is 7.27. The van der Waals surface area contributed by atoms with Crippen LogP contribution < -0.4 is 15.0 Å². The smallest absolute Gasteiger partial charge is 0.241 e. The van der Waals surface area contributed by atoms with E-state index in [2.05, 4.69) is 24.1 Å². The maximum absolute atomic E-state index is 15.3. The van der Waals surface area contributed by atoms with Crippen molar-refractivity contribution in [2.75, 3.05) is 38.2 Å². The monoisotopic (exact) mass is 533 g/mol. The Hall–Kier alpha value is -2.49. The highest BCUT2D eigenvalue weighted by molar-refractivity contribution is 7.91. The van der Waals surface area contributed by atoms with Crippen LogP contribution in [0.5, 0.6) is 5.75 Å². The number of methoxy groups -OCH3 is 1. The molecule has 7 nitrogen and oxygen atoms in total. The van der Waals surface area contributed by atoms with Crippen LogP contribution >= 0.6 is 0 Å². The summed E-state index contributed by atoms with van der Waals surface area (Å²) in [6.45, 7) is 10.3. The molecule has 0 unspecified atom stereocenters. The van der Waals surface area contributed by atoms with Crippen molar-refractivity contribution in [1.82, 2.24) is 10.2 Å². The van der Waals surface area contributed by atoms with E-state index in [0.29, 0.717) is 23.5 Å². The van der Waals surface area contributed by atoms with Gasteiger partial charge in [0.05, 0.1) is 18.6 Å². The number of hydrogen-bond donors (Lipinski definition) is 1. The number of benzene rings is 2. The van der Waals surface area contributed by atoms with Gasteiger partial charge < -0.3 is 15.0 Å². The molecule has 1 fully saturated rings. The highest BCUT2D eigenvalue weighted by Gasteiger charge is 2.41. The number of sulfone groups is 1. The third-order valence-corrected chi connectivity index (χ3v) is 9.06. The summed E-state index contributed by atoms with van der Waals surface area (Å²) in [6.07, 6.45) is 2.02. The van der Waals surface area contributed by atoms with E-state index in [9.17, 15) is 13.2 Å². The fourth-order valence-corrected chi connectivity index (χ4v) is 6.62. The lowest BCUT2D eigenvalue weighted by molar-refractivity contribution is -0.120. The zero-order valence-electron chi connectivity index (χ0n) is 21.7. The SMILES string of the molecule is C.CCC[C@H]1CN[C@H](C)CN1CC(=O)N1CC(C)(C)c2cc(F)c(S(=O)(=O)c3ccc(OC)cc3)cc21. The van der Waals surface area contributed by atoms with E-state index in [4.69, 9.17) is 4.74 Å². The maximum atomic E-state index is 15.3. The molecule has 2 heterocycles. The Balaban J connectivity index is 0.00000380. The molecule has 0 radical (unpaired) electrons. The fourth-order valence-electron chi connectivity index (χ4n) is 5.29. The normalized spacial score (nSPS) is 21.3. The molecule has 0 saturated carbocycles. The van der Waals surface area contributed by atoms with E-state index in [1.54, 1.807) is 4.90 Å². The van der Waals surface area contributed by atoms with Gasteiger partial charge in [-0.15, -0.1) is 0 Å². The van der Waals surface area contributed by atoms with Gasteiger partial charge in [0, 0.05) is 42.8 Å². The Labute approximate surface area is 220 Å². The Morgan fingerprint density at radius 2 is 1.89 bits per heavy atom. The fraction of sp³-hybridized carbons (Fsp3) is 0.536. The van der Waals surface area contributed by atoms with Gasteiger partial charge in [-0.3, -0.25) is 9.69 Å². The molecule has 2 aliphatic rings. The number of nitrogens with zero attached hydrogens (tertiary/aromatic N) is 2. The molecular weight excluding hydrogens is 493 g/mol. The number of fused-ring (bicyclic) bond motifs is 1. The number of rotatable bonds is 7. The topological polar surface area (TPSA) is 79.0 Å². The van der Waals surface area contributed by atoms with Gasteiger partial charge in [-0.25, -0.2) is 12.8 Å². The lowest BCUT2D eigenvalue weighted by Gasteiger charge is -2.39. The molecule has 0 aromatic heterocycles. The van der Waals surface area contributed by atoms with Crippen molar-refractivity contribution < 1.29 is 22.3 Å². The van der Waals surface area contributed by atoms with Crippen LogP contribution in [0.15, 0.2) is 46.2 Å². The average Bonchev–Trinajstić information content (AvgIpc) is 3.10. The standard InChI is InChI=1S/C27H36FN3O4S.CH4/c1-6-7-19-14-29-18(2)15-30(19)16-26(32)31-17-27(3,4)22-12-23(28)25(13-24(22)31)36(33,34)21-10-8-20(35-5)9-11-21;/h8-13,18-19,29H,6-7,14-17H2,1-5H3;1H4/t18-,19+;/m1./s1. The summed E-state index contributed by atoms with van der Waals surface area (Å²) in [5.74, 6) is -0.409. The minimum Gasteiger partial charge on any atom is -0.497 e. The van der Waals surface area contributed by atoms with E-state index in [1.165, 1.54) is 43.5 Å². The summed E-state index contributed by atoms with van der Waals surface area (Å²) in [6, 6.07) is 9.01. The van der Waals surface area contributed by atoms with E-state index in [-0.39, 0.29) is 36.9 Å². The summed E-state index contributed by atoms with van der Waals surface area (Å²) in [5, 5.41) is 3.49. The first-order valence-corrected chi connectivity index (χ1v) is 14.0. The molecule has 2 aromatic carbocycles. The molecule has 2 atom stereocenters. The summed E-state index contributed by atoms with van der Waals surface area (Å²) < 4.78 is 47.1. The van der Waals surface area contributed by atoms with E-state index in [0.717, 1.165) is 25.9 Å². The lowest BCUT2D eigenvalue weighted by Crippen LogP contribution is -2.57. The summed E-state index contributed by atoms with van der Waals surface area (Å²) in [7, 11) is -2.65. The molecule has 1 amide bonds. The molecule has 4 rings (SSSR count). The first-order valence-electron chi connectivity index (χ1n) is 12.5. The minimum atomic E-state index is -4.14. The van der Waals surface area contributed by atoms with Crippen LogP contribution in [-0.4, -0.2) is 64.6 Å². The molecule has 1 N–H and O–H groups in total. The van der Waals surface area contributed by atoms with Crippen LogP contribution in [0.3, 0.4) is 0 Å². The van der Waals surface area contributed by atoms with Crippen molar-refractivity contribution in [3.05, 3.63) is 47.8 Å². The van der Waals surface area contributed by atoms with Crippen molar-refractivity contribution in [2.24, 2.45) is 0 Å². The summed E-state index contributed by atoms with van der Waals surface area (Å²) >= 11 is 0. The Kier molecular flexibility index (Phi) is 8.71. The zero-order valence-corrected chi connectivity index (χ0v) is 22.5. The van der Waals surface area contributed by atoms with Crippen molar-refractivity contribution >= 4 is 21.4 Å². The lowest BCUT2D eigenvalue weighted by atomic mass is 9.87. The largest absolute Gasteiger partial charge is 0.497 e. The summed E-state index contributed by atoms with van der Waals surface area (Å²) in [5.41, 5.74) is 0.600. The Morgan fingerprint density at radius 1 is 1.22 bits per heavy atom. The number of carbonyl (C=O) groups excluding carboxylic acids is 1. The number of nitrogens with one attached hydrogen (secondary N) is 1. The molecule has 0 aliphatic carbocycles. The molecule has 2 aliphatic heterocycles. The number of piperazine rings is 1. The van der Waals surface area contributed by atoms with Gasteiger partial charge in [-0.1, -0.05) is 34.6 Å². The van der Waals surface area contributed by atoms with Crippen molar-refractivity contribution in [2.45, 2.75) is 75.3 Å². The van der Waals surface area contributed by atoms with Gasteiger partial charge in [-0.05, 0) is 55.3 Å². The van der Waals surface area contributed by atoms with Gasteiger partial charge in [0.15, 0.2) is 0 Å². The number of anilines is 1. The maximum Gasteiger partial charge on any atom is 0.241 e. The quantitative estimate of drug-likeness (QED) is 0.569. The number of amides is 1. The van der Waals surface area contributed by atoms with Crippen LogP contribution in [-0.2, 0) is 20.0 Å². The molecule has 0 spiro atoms. The molecule has 37 heavy (non-hydrogen) atoms. The second kappa shape index (κ2) is 11.1. The van der Waals surface area contributed by atoms with Gasteiger partial charge in [-0.2, -0.15) is 0 Å². The first-order chi connectivity index (χ1) is 17.0. The van der Waals surface area contributed by atoms with E-state index >= 15 is 4.39 Å². The number of hydrogen-bond acceptors (Lipinski definition) is 6. The molecule has 2 aromatic rings. The van der Waals surface area contributed by atoms with Crippen LogP contribution in [0.4, 0.5) is 10.1 Å². The predicted octanol–water partition coefficient (Wildman–Crippen LogP) is 4.39. The number of ether oxygens (including phenoxy) is 1. The number of carbonyl (C=O) groups is 1. The number of halogens is 1. The van der Waals surface area contributed by atoms with Crippen molar-refractivity contribution in [1.29, 1.82) is 0 Å². The van der Waals surface area contributed by atoms with Gasteiger partial charge in [0.25, 0.3) is 0 Å². The van der Waals surface area contributed by atoms with Crippen LogP contribution in [0.1, 0.15) is 53.5 Å². The van der Waals surface area contributed by atoms with Crippen LogP contribution in [0.25, 0.3) is 0 Å². The van der Waals surface area contributed by atoms with Crippen LogP contribution in [0, 0.1) is 5.82 Å². The average molecular weight is 534 g/mol. The van der Waals surface area contributed by atoms with Gasteiger partial charge in [0.2, 0.25) is 15.7 Å².